The molecule has 0 spiro atoms. The zero-order valence-corrected chi connectivity index (χ0v) is 4.99. The lowest BCUT2D eigenvalue weighted by molar-refractivity contribution is 0.432. The maximum absolute atomic E-state index is 8.87. The molecule has 0 aromatic heterocycles. The number of rotatable bonds is 0. The van der Waals surface area contributed by atoms with Gasteiger partial charge in [0.2, 0.25) is 0 Å². The van der Waals surface area contributed by atoms with Crippen LogP contribution in [0.1, 0.15) is 0 Å². The minimum Gasteiger partial charge on any atom is -0.508 e. The third-order valence-electron chi connectivity index (χ3n) is 1.09. The van der Waals surface area contributed by atoms with Gasteiger partial charge in [0.15, 0.2) is 0 Å². The quantitative estimate of drug-likeness (QED) is 0.478. The summed E-state index contributed by atoms with van der Waals surface area (Å²) in [5.41, 5.74) is 0. The number of hydrogen-bond donors (Lipinski definition) is 1. The van der Waals surface area contributed by atoms with Crippen molar-refractivity contribution in [1.29, 1.82) is 0 Å². The molecule has 44 valence electrons. The molecule has 1 unspecified atom stereocenters. The van der Waals surface area contributed by atoms with E-state index in [4.69, 9.17) is 13.0 Å². The molecule has 1 rings (SSSR count). The SMILES string of the molecule is [B]C1C=CC=C(O)C=C1. The molecule has 0 saturated carbocycles. The van der Waals surface area contributed by atoms with Gasteiger partial charge in [-0.2, -0.15) is 0 Å². The van der Waals surface area contributed by atoms with E-state index in [1.807, 2.05) is 0 Å². The third kappa shape index (κ3) is 1.80. The first-order valence-electron chi connectivity index (χ1n) is 2.80. The van der Waals surface area contributed by atoms with Crippen molar-refractivity contribution in [1.82, 2.24) is 0 Å². The molecule has 0 fully saturated rings. The molecule has 0 aromatic carbocycles. The molecule has 0 amide bonds. The third-order valence-corrected chi connectivity index (χ3v) is 1.09. The predicted octanol–water partition coefficient (Wildman–Crippen LogP) is 1.51. The molecule has 0 aliphatic heterocycles. The summed E-state index contributed by atoms with van der Waals surface area (Å²) >= 11 is 0. The fourth-order valence-electron chi connectivity index (χ4n) is 0.612. The van der Waals surface area contributed by atoms with Crippen LogP contribution in [0.25, 0.3) is 0 Å². The van der Waals surface area contributed by atoms with Crippen LogP contribution >= 0.6 is 0 Å². The molecule has 9 heavy (non-hydrogen) atoms. The molecule has 1 aliphatic carbocycles. The van der Waals surface area contributed by atoms with Crippen molar-refractivity contribution in [2.75, 3.05) is 0 Å². The standard InChI is InChI=1S/C7H7BO/c8-6-2-1-3-7(9)5-4-6/h1-6,9H. The first-order valence-corrected chi connectivity index (χ1v) is 2.80. The lowest BCUT2D eigenvalue weighted by Gasteiger charge is -1.91. The van der Waals surface area contributed by atoms with Gasteiger partial charge in [-0.25, -0.2) is 0 Å². The predicted molar refractivity (Wildman–Crippen MR) is 38.5 cm³/mol. The molecule has 0 aromatic rings. The summed E-state index contributed by atoms with van der Waals surface area (Å²) in [7, 11) is 5.48. The van der Waals surface area contributed by atoms with Crippen LogP contribution in [0.2, 0.25) is 5.82 Å². The van der Waals surface area contributed by atoms with Crippen molar-refractivity contribution in [3.8, 4) is 0 Å². The Morgan fingerprint density at radius 1 is 1.44 bits per heavy atom. The van der Waals surface area contributed by atoms with Gasteiger partial charge in [0, 0.05) is 0 Å². The molecule has 1 aliphatic rings. The van der Waals surface area contributed by atoms with E-state index < -0.39 is 0 Å². The van der Waals surface area contributed by atoms with Crippen molar-refractivity contribution in [3.05, 3.63) is 36.1 Å². The van der Waals surface area contributed by atoms with Crippen molar-refractivity contribution in [2.24, 2.45) is 0 Å². The second kappa shape index (κ2) is 2.58. The molecule has 0 saturated heterocycles. The lowest BCUT2D eigenvalue weighted by Crippen LogP contribution is -1.77. The first-order chi connectivity index (χ1) is 4.29. The summed E-state index contributed by atoms with van der Waals surface area (Å²) in [4.78, 5) is 0. The average molecular weight is 118 g/mol. The summed E-state index contributed by atoms with van der Waals surface area (Å²) in [5.74, 6) is 0.185. The van der Waals surface area contributed by atoms with E-state index in [0.717, 1.165) is 0 Å². The van der Waals surface area contributed by atoms with Crippen molar-refractivity contribution in [3.63, 3.8) is 0 Å². The first kappa shape index (κ1) is 6.21. The largest absolute Gasteiger partial charge is 0.508 e. The Bertz CT molecular complexity index is 179. The molecule has 1 N–H and O–H groups in total. The van der Waals surface area contributed by atoms with Gasteiger partial charge in [-0.05, 0) is 18.0 Å². The zero-order chi connectivity index (χ0) is 6.69. The highest BCUT2D eigenvalue weighted by Gasteiger charge is 1.92. The molecular formula is C7H7BO. The maximum atomic E-state index is 8.87. The van der Waals surface area contributed by atoms with Crippen molar-refractivity contribution in [2.45, 2.75) is 5.82 Å². The van der Waals surface area contributed by atoms with E-state index >= 15 is 0 Å². The van der Waals surface area contributed by atoms with Gasteiger partial charge in [-0.1, -0.05) is 18.2 Å². The van der Waals surface area contributed by atoms with Crippen LogP contribution in [-0.4, -0.2) is 13.0 Å². The van der Waals surface area contributed by atoms with Crippen LogP contribution in [0.5, 0.6) is 0 Å². The Morgan fingerprint density at radius 3 is 3.00 bits per heavy atom. The van der Waals surface area contributed by atoms with Gasteiger partial charge < -0.3 is 5.11 Å². The van der Waals surface area contributed by atoms with Crippen LogP contribution < -0.4 is 0 Å². The number of aliphatic hydroxyl groups excluding tert-OH is 1. The van der Waals surface area contributed by atoms with Crippen LogP contribution in [0.3, 0.4) is 0 Å². The lowest BCUT2D eigenvalue weighted by atomic mass is 9.87. The Morgan fingerprint density at radius 2 is 2.22 bits per heavy atom. The highest BCUT2D eigenvalue weighted by Crippen LogP contribution is 2.08. The van der Waals surface area contributed by atoms with E-state index in [1.54, 1.807) is 30.4 Å². The van der Waals surface area contributed by atoms with Gasteiger partial charge >= 0.3 is 0 Å². The van der Waals surface area contributed by atoms with Gasteiger partial charge in [0.05, 0.1) is 7.85 Å². The monoisotopic (exact) mass is 118 g/mol. The number of allylic oxidation sites excluding steroid dienone is 5. The van der Waals surface area contributed by atoms with Crippen LogP contribution in [0.4, 0.5) is 0 Å². The molecule has 2 radical (unpaired) electrons. The molecule has 1 atom stereocenters. The van der Waals surface area contributed by atoms with Gasteiger partial charge in [0.1, 0.15) is 5.76 Å². The highest BCUT2D eigenvalue weighted by atomic mass is 16.3. The van der Waals surface area contributed by atoms with Crippen molar-refractivity contribution < 1.29 is 5.11 Å². The topological polar surface area (TPSA) is 20.2 Å². The Labute approximate surface area is 55.8 Å². The summed E-state index contributed by atoms with van der Waals surface area (Å²) in [5, 5.41) is 8.87. The summed E-state index contributed by atoms with van der Waals surface area (Å²) in [6.07, 6.45) is 8.46. The van der Waals surface area contributed by atoms with Crippen molar-refractivity contribution >= 4 is 7.85 Å². The Hall–Kier alpha value is -0.915. The van der Waals surface area contributed by atoms with Gasteiger partial charge in [-0.15, -0.1) is 0 Å². The fourth-order valence-corrected chi connectivity index (χ4v) is 0.612. The Balaban J connectivity index is 2.75. The molecular weight excluding hydrogens is 111 g/mol. The van der Waals surface area contributed by atoms with E-state index in [9.17, 15) is 0 Å². The molecule has 1 nitrogen and oxygen atoms in total. The second-order valence-corrected chi connectivity index (χ2v) is 1.91. The summed E-state index contributed by atoms with van der Waals surface area (Å²) < 4.78 is 0. The molecule has 0 heterocycles. The van der Waals surface area contributed by atoms with Gasteiger partial charge in [-0.3, -0.25) is 0 Å². The molecule has 2 heteroatoms. The zero-order valence-electron chi connectivity index (χ0n) is 4.99. The Kier molecular flexibility index (Phi) is 1.78. The molecule has 0 bridgehead atoms. The van der Waals surface area contributed by atoms with Crippen LogP contribution in [0.15, 0.2) is 36.1 Å². The van der Waals surface area contributed by atoms with E-state index in [-0.39, 0.29) is 11.6 Å². The minimum absolute atomic E-state index is 0.0640. The second-order valence-electron chi connectivity index (χ2n) is 1.91. The van der Waals surface area contributed by atoms with Crippen LogP contribution in [0, 0.1) is 0 Å². The van der Waals surface area contributed by atoms with E-state index in [2.05, 4.69) is 0 Å². The van der Waals surface area contributed by atoms with E-state index in [1.165, 1.54) is 0 Å². The van der Waals surface area contributed by atoms with Crippen LogP contribution in [-0.2, 0) is 0 Å². The smallest absolute Gasteiger partial charge is 0.115 e. The highest BCUT2D eigenvalue weighted by molar-refractivity contribution is 6.14. The van der Waals surface area contributed by atoms with Gasteiger partial charge in [0.25, 0.3) is 0 Å². The number of aliphatic hydroxyl groups is 1. The fraction of sp³-hybridized carbons (Fsp3) is 0.143. The minimum atomic E-state index is -0.0640. The maximum Gasteiger partial charge on any atom is 0.115 e. The average Bonchev–Trinajstić information content (AvgIpc) is 1.97. The summed E-state index contributed by atoms with van der Waals surface area (Å²) in [6, 6.07) is 0. The van der Waals surface area contributed by atoms with E-state index in [0.29, 0.717) is 0 Å². The number of hydrogen-bond acceptors (Lipinski definition) is 1. The normalized spacial score (nSPS) is 25.3. The summed E-state index contributed by atoms with van der Waals surface area (Å²) in [6.45, 7) is 0.